The van der Waals surface area contributed by atoms with E-state index in [-0.39, 0.29) is 56.8 Å². The molecule has 0 spiro atoms. The number of sulfone groups is 1. The predicted octanol–water partition coefficient (Wildman–Crippen LogP) is 6.73. The molecule has 1 saturated heterocycles. The SMILES string of the molecule is C=C(C)[C@@H]1CC[C@]2(NC[C@H]([C@@H](C)O)N3CCS(=O)(=O)CC3)CC[C@]3(C)[C@H](CC[C@@H]4[C@@]5(C)CC[C@H](OC(=O)[C@@H]6[C@H](C(=O)O)C6(C)C)C(C)(C)[C@@H]5CC[C@]43C)[C@@H]12. The largest absolute Gasteiger partial charge is 0.481 e. The molecule has 6 aliphatic carbocycles. The first-order valence-corrected chi connectivity index (χ1v) is 23.3. The summed E-state index contributed by atoms with van der Waals surface area (Å²) in [6, 6.07) is -0.122. The summed E-state index contributed by atoms with van der Waals surface area (Å²) in [5.74, 6) is 0.331. The summed E-state index contributed by atoms with van der Waals surface area (Å²) in [6.45, 7) is 26.5. The molecule has 9 nitrogen and oxygen atoms in total. The van der Waals surface area contributed by atoms with E-state index < -0.39 is 39.2 Å². The maximum absolute atomic E-state index is 13.5. The number of carbonyl (C=O) groups is 2. The number of carboxylic acid groups (broad SMARTS) is 1. The van der Waals surface area contributed by atoms with Crippen LogP contribution in [-0.4, -0.2) is 90.4 Å². The molecule has 1 aliphatic heterocycles. The first-order chi connectivity index (χ1) is 25.0. The van der Waals surface area contributed by atoms with Gasteiger partial charge in [0.2, 0.25) is 0 Å². The van der Waals surface area contributed by atoms with Crippen LogP contribution in [0.25, 0.3) is 0 Å². The number of aliphatic carboxylic acids is 1. The Morgan fingerprint density at radius 3 is 2.11 bits per heavy atom. The van der Waals surface area contributed by atoms with Crippen LogP contribution in [0.1, 0.15) is 127 Å². The van der Waals surface area contributed by atoms with Gasteiger partial charge in [-0.2, -0.15) is 0 Å². The summed E-state index contributed by atoms with van der Waals surface area (Å²) in [5.41, 5.74) is 0.960. The van der Waals surface area contributed by atoms with Gasteiger partial charge in [0, 0.05) is 36.6 Å². The number of rotatable bonds is 9. The third-order valence-corrected chi connectivity index (χ3v) is 20.3. The molecule has 0 amide bonds. The van der Waals surface area contributed by atoms with E-state index >= 15 is 0 Å². The fourth-order valence-electron chi connectivity index (χ4n) is 15.4. The topological polar surface area (TPSA) is 133 Å². The van der Waals surface area contributed by atoms with Gasteiger partial charge in [-0.05, 0) is 129 Å². The van der Waals surface area contributed by atoms with E-state index in [0.29, 0.717) is 49.2 Å². The number of ether oxygens (including phenoxy) is 1. The molecular formula is C44H72N2O7S. The Morgan fingerprint density at radius 1 is 0.852 bits per heavy atom. The van der Waals surface area contributed by atoms with Gasteiger partial charge in [-0.3, -0.25) is 14.5 Å². The lowest BCUT2D eigenvalue weighted by atomic mass is 9.32. The van der Waals surface area contributed by atoms with Crippen molar-refractivity contribution in [2.24, 2.45) is 68.5 Å². The Hall–Kier alpha value is -1.49. The maximum Gasteiger partial charge on any atom is 0.310 e. The number of hydrogen-bond donors (Lipinski definition) is 3. The molecule has 7 aliphatic rings. The molecule has 0 aromatic rings. The smallest absolute Gasteiger partial charge is 0.310 e. The van der Waals surface area contributed by atoms with Gasteiger partial charge >= 0.3 is 11.9 Å². The third-order valence-electron chi connectivity index (χ3n) is 18.7. The van der Waals surface area contributed by atoms with Crippen LogP contribution in [0.15, 0.2) is 12.2 Å². The molecule has 0 aromatic carbocycles. The highest BCUT2D eigenvalue weighted by molar-refractivity contribution is 7.91. The van der Waals surface area contributed by atoms with Gasteiger partial charge in [0.15, 0.2) is 9.84 Å². The second-order valence-corrected chi connectivity index (χ2v) is 23.9. The summed E-state index contributed by atoms with van der Waals surface area (Å²) < 4.78 is 30.8. The highest BCUT2D eigenvalue weighted by atomic mass is 32.2. The lowest BCUT2D eigenvalue weighted by Gasteiger charge is -2.73. The molecule has 306 valence electrons. The zero-order valence-electron chi connectivity index (χ0n) is 34.9. The molecule has 0 unspecified atom stereocenters. The minimum Gasteiger partial charge on any atom is -0.481 e. The molecule has 6 saturated carbocycles. The first kappa shape index (κ1) is 40.7. The summed E-state index contributed by atoms with van der Waals surface area (Å²) in [7, 11) is -3.00. The van der Waals surface area contributed by atoms with Gasteiger partial charge in [0.05, 0.1) is 29.4 Å². The maximum atomic E-state index is 13.5. The number of allylic oxidation sites excluding steroid dienone is 1. The average Bonchev–Trinajstić information content (AvgIpc) is 3.45. The van der Waals surface area contributed by atoms with Crippen molar-refractivity contribution in [2.75, 3.05) is 31.1 Å². The van der Waals surface area contributed by atoms with Crippen LogP contribution in [0.2, 0.25) is 0 Å². The zero-order valence-corrected chi connectivity index (χ0v) is 35.7. The molecule has 54 heavy (non-hydrogen) atoms. The van der Waals surface area contributed by atoms with E-state index in [2.05, 4.69) is 58.3 Å². The fourth-order valence-corrected chi connectivity index (χ4v) is 16.6. The number of esters is 1. The number of hydrogen-bond acceptors (Lipinski definition) is 8. The number of aliphatic hydroxyl groups excluding tert-OH is 1. The summed E-state index contributed by atoms with van der Waals surface area (Å²) >= 11 is 0. The fraction of sp³-hybridized carbons (Fsp3) is 0.909. The Kier molecular flexibility index (Phi) is 10.0. The van der Waals surface area contributed by atoms with Gasteiger partial charge in [0.25, 0.3) is 0 Å². The van der Waals surface area contributed by atoms with Gasteiger partial charge in [-0.1, -0.05) is 60.6 Å². The Bertz CT molecular complexity index is 1630. The second kappa shape index (κ2) is 13.3. The van der Waals surface area contributed by atoms with E-state index in [9.17, 15) is 28.2 Å². The Labute approximate surface area is 326 Å². The molecule has 0 aromatic heterocycles. The van der Waals surface area contributed by atoms with Gasteiger partial charge in [-0.25, -0.2) is 8.42 Å². The summed E-state index contributed by atoms with van der Waals surface area (Å²) in [6.07, 6.45) is 10.3. The Morgan fingerprint density at radius 2 is 1.52 bits per heavy atom. The van der Waals surface area contributed by atoms with Crippen LogP contribution in [0.3, 0.4) is 0 Å². The van der Waals surface area contributed by atoms with Crippen LogP contribution in [0, 0.1) is 68.5 Å². The number of carboxylic acids is 1. The second-order valence-electron chi connectivity index (χ2n) is 21.6. The van der Waals surface area contributed by atoms with E-state index in [0.717, 1.165) is 38.5 Å². The number of nitrogens with zero attached hydrogens (tertiary/aromatic N) is 1. The van der Waals surface area contributed by atoms with E-state index in [1.807, 2.05) is 20.8 Å². The minimum atomic E-state index is -3.00. The monoisotopic (exact) mass is 773 g/mol. The summed E-state index contributed by atoms with van der Waals surface area (Å²) in [5, 5.41) is 24.9. The quantitative estimate of drug-likeness (QED) is 0.172. The molecule has 0 radical (unpaired) electrons. The molecule has 1 heterocycles. The van der Waals surface area contributed by atoms with Gasteiger partial charge in [0.1, 0.15) is 6.10 Å². The number of carbonyl (C=O) groups excluding carboxylic acids is 1. The highest BCUT2D eigenvalue weighted by Crippen LogP contribution is 2.76. The Balaban J connectivity index is 1.11. The number of aliphatic hydroxyl groups is 1. The lowest BCUT2D eigenvalue weighted by Crippen LogP contribution is -2.69. The van der Waals surface area contributed by atoms with Gasteiger partial charge in [-0.15, -0.1) is 0 Å². The predicted molar refractivity (Wildman–Crippen MR) is 211 cm³/mol. The van der Waals surface area contributed by atoms with Crippen molar-refractivity contribution < 1.29 is 33.0 Å². The van der Waals surface area contributed by atoms with Crippen molar-refractivity contribution in [2.45, 2.75) is 150 Å². The van der Waals surface area contributed by atoms with Crippen LogP contribution in [0.4, 0.5) is 0 Å². The van der Waals surface area contributed by atoms with E-state index in [1.54, 1.807) is 0 Å². The van der Waals surface area contributed by atoms with Crippen molar-refractivity contribution in [3.63, 3.8) is 0 Å². The van der Waals surface area contributed by atoms with E-state index in [1.165, 1.54) is 31.3 Å². The van der Waals surface area contributed by atoms with Crippen LogP contribution >= 0.6 is 0 Å². The number of fused-ring (bicyclic) bond motifs is 7. The first-order valence-electron chi connectivity index (χ1n) is 21.4. The third kappa shape index (κ3) is 6.01. The average molecular weight is 773 g/mol. The van der Waals surface area contributed by atoms with Crippen LogP contribution < -0.4 is 5.32 Å². The highest BCUT2D eigenvalue weighted by Gasteiger charge is 2.72. The van der Waals surface area contributed by atoms with Crippen molar-refractivity contribution in [3.8, 4) is 0 Å². The molecule has 0 bridgehead atoms. The zero-order chi connectivity index (χ0) is 39.6. The molecule has 14 atom stereocenters. The van der Waals surface area contributed by atoms with Crippen molar-refractivity contribution >= 4 is 21.8 Å². The van der Waals surface area contributed by atoms with Gasteiger partial charge < -0.3 is 20.3 Å². The molecule has 10 heteroatoms. The summed E-state index contributed by atoms with van der Waals surface area (Å²) in [4.78, 5) is 27.6. The lowest BCUT2D eigenvalue weighted by molar-refractivity contribution is -0.246. The van der Waals surface area contributed by atoms with E-state index in [4.69, 9.17) is 4.74 Å². The molecule has 3 N–H and O–H groups in total. The van der Waals surface area contributed by atoms with Crippen molar-refractivity contribution in [1.82, 2.24) is 10.2 Å². The van der Waals surface area contributed by atoms with Crippen LogP contribution in [-0.2, 0) is 24.2 Å². The molecular weight excluding hydrogens is 701 g/mol. The van der Waals surface area contributed by atoms with Crippen molar-refractivity contribution in [1.29, 1.82) is 0 Å². The molecule has 7 rings (SSSR count). The molecule has 7 fully saturated rings. The number of nitrogens with one attached hydrogen (secondary N) is 1. The van der Waals surface area contributed by atoms with Crippen LogP contribution in [0.5, 0.6) is 0 Å². The van der Waals surface area contributed by atoms with Crippen molar-refractivity contribution in [3.05, 3.63) is 12.2 Å². The standard InChI is InChI=1S/C44H72N2O7S/c1-26(2)28-13-18-44(45-25-30(27(3)47)46-21-23-54(51,52)24-22-46)20-19-42(9)29(34(28)44)11-12-32-41(8)16-15-33(39(4,5)31(41)14-17-43(32,42)10)53-38(50)36-35(37(48)49)40(36,6)7/h27-36,45,47H,1,11-25H2,2-10H3,(H,48,49)/t27-,28+,29-,30-,31+,32-,33+,34-,35-,36+,41+,42-,43-,44+/m1/s1. The normalized spacial score (nSPS) is 47.1. The minimum absolute atomic E-state index is 0.0210.